The zero-order valence-electron chi connectivity index (χ0n) is 12.2. The van der Waals surface area contributed by atoms with Crippen LogP contribution >= 0.6 is 31.9 Å². The highest BCUT2D eigenvalue weighted by molar-refractivity contribution is 9.12. The number of hydrogen-bond acceptors (Lipinski definition) is 5. The molecule has 5 nitrogen and oxygen atoms in total. The first-order chi connectivity index (χ1) is 10.2. The van der Waals surface area contributed by atoms with Gasteiger partial charge in [0.2, 0.25) is 0 Å². The lowest BCUT2D eigenvalue weighted by Crippen LogP contribution is -2.37. The molecule has 0 radical (unpaired) electrons. The highest BCUT2D eigenvalue weighted by Crippen LogP contribution is 2.30. The standard InChI is InChI=1S/C14H20Br2N4O/c1-3-20(4-2)8-9-21-19-12-10-6-5-7-17-14(10)18-13(16)11(12)15/h5-7,11,13H,3-4,8-9H2,1-2H3,(H,17,18)/b19-12+. The zero-order valence-corrected chi connectivity index (χ0v) is 15.4. The van der Waals surface area contributed by atoms with Gasteiger partial charge in [0, 0.05) is 18.3 Å². The molecule has 0 amide bonds. The van der Waals surface area contributed by atoms with Crippen molar-refractivity contribution in [1.82, 2.24) is 9.88 Å². The number of likely N-dealkylation sites (N-methyl/N-ethyl adjacent to an activating group) is 1. The Labute approximate surface area is 142 Å². The molecule has 1 N–H and O–H groups in total. The van der Waals surface area contributed by atoms with Gasteiger partial charge < -0.3 is 15.1 Å². The summed E-state index contributed by atoms with van der Waals surface area (Å²) >= 11 is 7.22. The lowest BCUT2D eigenvalue weighted by atomic mass is 10.1. The van der Waals surface area contributed by atoms with Gasteiger partial charge in [0.25, 0.3) is 0 Å². The van der Waals surface area contributed by atoms with Crippen LogP contribution in [0.3, 0.4) is 0 Å². The Morgan fingerprint density at radius 2 is 2.14 bits per heavy atom. The van der Waals surface area contributed by atoms with E-state index in [1.165, 1.54) is 0 Å². The molecule has 1 aromatic heterocycles. The average Bonchev–Trinajstić information content (AvgIpc) is 2.51. The zero-order chi connectivity index (χ0) is 15.2. The molecule has 1 aromatic rings. The van der Waals surface area contributed by atoms with Crippen molar-refractivity contribution in [1.29, 1.82) is 0 Å². The summed E-state index contributed by atoms with van der Waals surface area (Å²) in [7, 11) is 0. The fraction of sp³-hybridized carbons (Fsp3) is 0.571. The molecule has 2 rings (SSSR count). The van der Waals surface area contributed by atoms with Crippen molar-refractivity contribution < 1.29 is 4.84 Å². The highest BCUT2D eigenvalue weighted by atomic mass is 79.9. The van der Waals surface area contributed by atoms with Gasteiger partial charge in [-0.2, -0.15) is 0 Å². The number of fused-ring (bicyclic) bond motifs is 1. The summed E-state index contributed by atoms with van der Waals surface area (Å²) in [5.41, 5.74) is 1.83. The minimum Gasteiger partial charge on any atom is -0.394 e. The first-order valence-electron chi connectivity index (χ1n) is 7.09. The summed E-state index contributed by atoms with van der Waals surface area (Å²) in [6.07, 6.45) is 1.76. The summed E-state index contributed by atoms with van der Waals surface area (Å²) in [6.45, 7) is 7.81. The Kier molecular flexibility index (Phi) is 6.44. The second-order valence-electron chi connectivity index (χ2n) is 4.68. The molecule has 0 fully saturated rings. The maximum Gasteiger partial charge on any atom is 0.136 e. The number of nitrogens with zero attached hydrogens (tertiary/aromatic N) is 3. The van der Waals surface area contributed by atoms with E-state index in [0.717, 1.165) is 36.7 Å². The van der Waals surface area contributed by atoms with E-state index in [0.29, 0.717) is 6.61 Å². The smallest absolute Gasteiger partial charge is 0.136 e. The van der Waals surface area contributed by atoms with Crippen molar-refractivity contribution in [3.05, 3.63) is 23.9 Å². The number of nitrogens with one attached hydrogen (secondary N) is 1. The molecule has 0 aliphatic carbocycles. The molecule has 2 atom stereocenters. The lowest BCUT2D eigenvalue weighted by molar-refractivity contribution is 0.114. The van der Waals surface area contributed by atoms with Gasteiger partial charge in [-0.15, -0.1) is 0 Å². The van der Waals surface area contributed by atoms with E-state index in [-0.39, 0.29) is 9.78 Å². The summed E-state index contributed by atoms with van der Waals surface area (Å²) in [5.74, 6) is 0.821. The van der Waals surface area contributed by atoms with Crippen molar-refractivity contribution in [2.45, 2.75) is 23.6 Å². The van der Waals surface area contributed by atoms with Crippen LogP contribution in [0.5, 0.6) is 0 Å². The fourth-order valence-electron chi connectivity index (χ4n) is 2.14. The molecular weight excluding hydrogens is 400 g/mol. The summed E-state index contributed by atoms with van der Waals surface area (Å²) in [4.78, 5) is 12.2. The highest BCUT2D eigenvalue weighted by Gasteiger charge is 2.31. The largest absolute Gasteiger partial charge is 0.394 e. The van der Waals surface area contributed by atoms with Crippen LogP contribution in [-0.4, -0.2) is 51.6 Å². The molecule has 0 aromatic carbocycles. The molecular formula is C14H20Br2N4O. The van der Waals surface area contributed by atoms with E-state index in [1.807, 2.05) is 12.1 Å². The fourth-order valence-corrected chi connectivity index (χ4v) is 3.07. The third kappa shape index (κ3) is 4.17. The number of pyridine rings is 1. The lowest BCUT2D eigenvalue weighted by Gasteiger charge is -2.27. The van der Waals surface area contributed by atoms with Gasteiger partial charge in [-0.05, 0) is 25.2 Å². The third-order valence-electron chi connectivity index (χ3n) is 3.43. The van der Waals surface area contributed by atoms with Crippen molar-refractivity contribution in [2.75, 3.05) is 31.6 Å². The molecule has 1 aliphatic rings. The van der Waals surface area contributed by atoms with Gasteiger partial charge in [-0.1, -0.05) is 50.9 Å². The molecule has 7 heteroatoms. The van der Waals surface area contributed by atoms with E-state index in [9.17, 15) is 0 Å². The Morgan fingerprint density at radius 1 is 1.38 bits per heavy atom. The Balaban J connectivity index is 2.05. The van der Waals surface area contributed by atoms with Crippen molar-refractivity contribution in [2.24, 2.45) is 5.16 Å². The molecule has 0 spiro atoms. The van der Waals surface area contributed by atoms with Crippen LogP contribution in [0.4, 0.5) is 5.82 Å². The molecule has 2 heterocycles. The van der Waals surface area contributed by atoms with E-state index in [2.05, 4.69) is 66.1 Å². The van der Waals surface area contributed by atoms with Crippen LogP contribution in [-0.2, 0) is 4.84 Å². The van der Waals surface area contributed by atoms with Crippen LogP contribution < -0.4 is 5.32 Å². The van der Waals surface area contributed by atoms with Crippen molar-refractivity contribution in [3.8, 4) is 0 Å². The first-order valence-corrected chi connectivity index (χ1v) is 8.92. The average molecular weight is 420 g/mol. The minimum atomic E-state index is 0.0302. The monoisotopic (exact) mass is 418 g/mol. The number of rotatable bonds is 6. The number of aromatic nitrogens is 1. The van der Waals surface area contributed by atoms with Gasteiger partial charge in [-0.3, -0.25) is 0 Å². The summed E-state index contributed by atoms with van der Waals surface area (Å²) in [6, 6.07) is 3.90. The van der Waals surface area contributed by atoms with Gasteiger partial charge >= 0.3 is 0 Å². The number of oxime groups is 1. The van der Waals surface area contributed by atoms with Crippen LogP contribution in [0.25, 0.3) is 0 Å². The van der Waals surface area contributed by atoms with Gasteiger partial charge in [0.15, 0.2) is 0 Å². The van der Waals surface area contributed by atoms with E-state index < -0.39 is 0 Å². The molecule has 2 unspecified atom stereocenters. The SMILES string of the molecule is CCN(CC)CCO/N=C1\c2cccnc2NC(Br)C1Br. The second kappa shape index (κ2) is 8.10. The maximum atomic E-state index is 5.52. The third-order valence-corrected chi connectivity index (χ3v) is 5.86. The van der Waals surface area contributed by atoms with Gasteiger partial charge in [0.1, 0.15) is 23.1 Å². The normalized spacial score (nSPS) is 23.0. The Morgan fingerprint density at radius 3 is 2.86 bits per heavy atom. The molecule has 1 aliphatic heterocycles. The van der Waals surface area contributed by atoms with E-state index >= 15 is 0 Å². The predicted molar refractivity (Wildman–Crippen MR) is 93.6 cm³/mol. The van der Waals surface area contributed by atoms with Crippen LogP contribution in [0, 0.1) is 0 Å². The number of anilines is 1. The topological polar surface area (TPSA) is 49.8 Å². The molecule has 116 valence electrons. The molecule has 0 bridgehead atoms. The number of halogens is 2. The quantitative estimate of drug-likeness (QED) is 0.333. The number of alkyl halides is 2. The van der Waals surface area contributed by atoms with Crippen LogP contribution in [0.15, 0.2) is 23.5 Å². The van der Waals surface area contributed by atoms with Crippen LogP contribution in [0.1, 0.15) is 19.4 Å². The number of hydrogen-bond donors (Lipinski definition) is 1. The van der Waals surface area contributed by atoms with E-state index in [1.54, 1.807) is 6.20 Å². The summed E-state index contributed by atoms with van der Waals surface area (Å²) in [5, 5.41) is 7.61. The van der Waals surface area contributed by atoms with Crippen molar-refractivity contribution >= 4 is 43.4 Å². The second-order valence-corrected chi connectivity index (χ2v) is 6.66. The Hall–Kier alpha value is -0.660. The van der Waals surface area contributed by atoms with E-state index in [4.69, 9.17) is 4.84 Å². The Bertz CT molecular complexity index is 494. The minimum absolute atomic E-state index is 0.0302. The predicted octanol–water partition coefficient (Wildman–Crippen LogP) is 3.05. The van der Waals surface area contributed by atoms with Gasteiger partial charge in [-0.25, -0.2) is 4.98 Å². The molecule has 0 saturated carbocycles. The van der Waals surface area contributed by atoms with Crippen molar-refractivity contribution in [3.63, 3.8) is 0 Å². The summed E-state index contributed by atoms with van der Waals surface area (Å²) < 4.78 is 0. The maximum absolute atomic E-state index is 5.52. The van der Waals surface area contributed by atoms with Gasteiger partial charge in [0.05, 0.1) is 4.83 Å². The molecule has 0 saturated heterocycles. The first kappa shape index (κ1) is 16.7. The van der Waals surface area contributed by atoms with Crippen LogP contribution in [0.2, 0.25) is 0 Å². The molecule has 21 heavy (non-hydrogen) atoms.